The van der Waals surface area contributed by atoms with Crippen LogP contribution in [0.5, 0.6) is 0 Å². The van der Waals surface area contributed by atoms with E-state index in [0.717, 1.165) is 28.1 Å². The molecule has 1 N–H and O–H groups in total. The Morgan fingerprint density at radius 3 is 2.33 bits per heavy atom. The number of aromatic nitrogens is 3. The van der Waals surface area contributed by atoms with E-state index in [2.05, 4.69) is 32.7 Å². The zero-order valence-electron chi connectivity index (χ0n) is 15.2. The first-order valence-electron chi connectivity index (χ1n) is 8.55. The molecule has 0 spiro atoms. The van der Waals surface area contributed by atoms with E-state index in [4.69, 9.17) is 9.40 Å². The van der Waals surface area contributed by atoms with Crippen molar-refractivity contribution in [3.05, 3.63) is 40.1 Å². The molecule has 0 fully saturated rings. The molecule has 0 radical (unpaired) electrons. The lowest BCUT2D eigenvalue weighted by Crippen LogP contribution is -2.18. The molecule has 3 rings (SSSR count). The lowest BCUT2D eigenvalue weighted by molar-refractivity contribution is 0.489. The van der Waals surface area contributed by atoms with E-state index in [9.17, 15) is 4.79 Å². The minimum atomic E-state index is -0.104. The van der Waals surface area contributed by atoms with E-state index in [-0.39, 0.29) is 17.6 Å². The molecule has 2 heterocycles. The fourth-order valence-corrected chi connectivity index (χ4v) is 3.13. The SMILES string of the molecule is CC(C)c1nc(-c2cccc3c2[nH]c(=O)n3C(C)C)oc1C(C)C. The molecule has 1 aromatic carbocycles. The topological polar surface area (TPSA) is 63.8 Å². The van der Waals surface area contributed by atoms with Gasteiger partial charge in [-0.3, -0.25) is 4.57 Å². The molecule has 0 aliphatic heterocycles. The molecular weight excluding hydrogens is 302 g/mol. The number of rotatable bonds is 4. The van der Waals surface area contributed by atoms with E-state index >= 15 is 0 Å². The molecule has 0 saturated heterocycles. The first-order valence-corrected chi connectivity index (χ1v) is 8.55. The van der Waals surface area contributed by atoms with Crippen molar-refractivity contribution in [3.8, 4) is 11.5 Å². The van der Waals surface area contributed by atoms with Crippen molar-refractivity contribution < 1.29 is 4.42 Å². The van der Waals surface area contributed by atoms with Crippen LogP contribution in [0.1, 0.15) is 70.9 Å². The summed E-state index contributed by atoms with van der Waals surface area (Å²) in [7, 11) is 0. The van der Waals surface area contributed by atoms with Gasteiger partial charge in [0.25, 0.3) is 0 Å². The molecule has 0 amide bonds. The number of nitrogens with one attached hydrogen (secondary N) is 1. The Labute approximate surface area is 141 Å². The van der Waals surface area contributed by atoms with Gasteiger partial charge in [0.2, 0.25) is 5.89 Å². The van der Waals surface area contributed by atoms with Gasteiger partial charge in [0.15, 0.2) is 0 Å². The van der Waals surface area contributed by atoms with E-state index in [1.54, 1.807) is 4.57 Å². The van der Waals surface area contributed by atoms with Gasteiger partial charge in [0.05, 0.1) is 22.3 Å². The summed E-state index contributed by atoms with van der Waals surface area (Å²) in [4.78, 5) is 20.0. The third-order valence-electron chi connectivity index (χ3n) is 4.25. The Hall–Kier alpha value is -2.30. The Balaban J connectivity index is 2.26. The number of aromatic amines is 1. The Bertz CT molecular complexity index is 900. The van der Waals surface area contributed by atoms with Crippen molar-refractivity contribution in [2.75, 3.05) is 0 Å². The molecule has 0 bridgehead atoms. The summed E-state index contributed by atoms with van der Waals surface area (Å²) in [5.74, 6) is 2.05. The minimum Gasteiger partial charge on any atom is -0.441 e. The second-order valence-electron chi connectivity index (χ2n) is 7.17. The summed E-state index contributed by atoms with van der Waals surface area (Å²) in [5, 5.41) is 0. The number of nitrogens with zero attached hydrogens (tertiary/aromatic N) is 2. The smallest absolute Gasteiger partial charge is 0.326 e. The van der Waals surface area contributed by atoms with Crippen LogP contribution in [0.15, 0.2) is 27.4 Å². The van der Waals surface area contributed by atoms with Crippen LogP contribution in [0.2, 0.25) is 0 Å². The van der Waals surface area contributed by atoms with Crippen LogP contribution in [0, 0.1) is 0 Å². The highest BCUT2D eigenvalue weighted by Crippen LogP contribution is 2.33. The Kier molecular flexibility index (Phi) is 4.11. The van der Waals surface area contributed by atoms with Crippen LogP contribution >= 0.6 is 0 Å². The number of oxazole rings is 1. The number of hydrogen-bond donors (Lipinski definition) is 1. The maximum absolute atomic E-state index is 12.3. The van der Waals surface area contributed by atoms with Gasteiger partial charge in [-0.15, -0.1) is 0 Å². The molecule has 3 aromatic rings. The summed E-state index contributed by atoms with van der Waals surface area (Å²) in [5.41, 5.74) is 3.37. The van der Waals surface area contributed by atoms with Gasteiger partial charge in [0.1, 0.15) is 5.76 Å². The summed E-state index contributed by atoms with van der Waals surface area (Å²) >= 11 is 0. The molecule has 5 nitrogen and oxygen atoms in total. The quantitative estimate of drug-likeness (QED) is 0.747. The van der Waals surface area contributed by atoms with Crippen molar-refractivity contribution in [2.45, 2.75) is 59.4 Å². The zero-order valence-corrected chi connectivity index (χ0v) is 15.2. The van der Waals surface area contributed by atoms with E-state index in [0.29, 0.717) is 11.8 Å². The number of H-pyrrole nitrogens is 1. The maximum atomic E-state index is 12.3. The second kappa shape index (κ2) is 5.96. The zero-order chi connectivity index (χ0) is 17.6. The molecule has 2 aromatic heterocycles. The normalized spacial score (nSPS) is 12.2. The molecule has 0 aliphatic carbocycles. The van der Waals surface area contributed by atoms with Crippen molar-refractivity contribution >= 4 is 11.0 Å². The third kappa shape index (κ3) is 2.58. The monoisotopic (exact) mass is 327 g/mol. The predicted molar refractivity (Wildman–Crippen MR) is 96.6 cm³/mol. The highest BCUT2D eigenvalue weighted by Gasteiger charge is 2.22. The highest BCUT2D eigenvalue weighted by atomic mass is 16.4. The first kappa shape index (κ1) is 16.6. The van der Waals surface area contributed by atoms with Crippen molar-refractivity contribution in [1.82, 2.24) is 14.5 Å². The molecule has 0 saturated carbocycles. The maximum Gasteiger partial charge on any atom is 0.326 e. The van der Waals surface area contributed by atoms with Crippen LogP contribution in [0.3, 0.4) is 0 Å². The first-order chi connectivity index (χ1) is 11.3. The number of hydrogen-bond acceptors (Lipinski definition) is 3. The van der Waals surface area contributed by atoms with Gasteiger partial charge in [-0.1, -0.05) is 33.8 Å². The fraction of sp³-hybridized carbons (Fsp3) is 0.474. The van der Waals surface area contributed by atoms with Crippen molar-refractivity contribution in [3.63, 3.8) is 0 Å². The number of benzene rings is 1. The standard InChI is InChI=1S/C19H25N3O2/c1-10(2)15-17(11(3)4)24-18(20-15)13-8-7-9-14-16(13)21-19(23)22(14)12(5)6/h7-12H,1-6H3,(H,21,23). The lowest BCUT2D eigenvalue weighted by Gasteiger charge is -2.07. The van der Waals surface area contributed by atoms with Crippen LogP contribution < -0.4 is 5.69 Å². The summed E-state index contributed by atoms with van der Waals surface area (Å²) < 4.78 is 7.86. The minimum absolute atomic E-state index is 0.0866. The molecule has 0 unspecified atom stereocenters. The number of para-hydroxylation sites is 1. The molecule has 5 heteroatoms. The Morgan fingerprint density at radius 2 is 1.79 bits per heavy atom. The average molecular weight is 327 g/mol. The molecule has 24 heavy (non-hydrogen) atoms. The largest absolute Gasteiger partial charge is 0.441 e. The van der Waals surface area contributed by atoms with Crippen molar-refractivity contribution in [2.24, 2.45) is 0 Å². The number of imidazole rings is 1. The van der Waals surface area contributed by atoms with E-state index < -0.39 is 0 Å². The van der Waals surface area contributed by atoms with Gasteiger partial charge in [-0.05, 0) is 31.9 Å². The molecular formula is C19H25N3O2. The van der Waals surface area contributed by atoms with Gasteiger partial charge in [-0.2, -0.15) is 0 Å². The summed E-state index contributed by atoms with van der Waals surface area (Å²) in [6.07, 6.45) is 0. The number of fused-ring (bicyclic) bond motifs is 1. The predicted octanol–water partition coefficient (Wildman–Crippen LogP) is 4.81. The summed E-state index contributed by atoms with van der Waals surface area (Å²) in [6.45, 7) is 12.4. The third-order valence-corrected chi connectivity index (χ3v) is 4.25. The van der Waals surface area contributed by atoms with Crippen LogP contribution in [-0.4, -0.2) is 14.5 Å². The van der Waals surface area contributed by atoms with E-state index in [1.807, 2.05) is 32.0 Å². The molecule has 0 atom stereocenters. The van der Waals surface area contributed by atoms with Crippen molar-refractivity contribution in [1.29, 1.82) is 0 Å². The van der Waals surface area contributed by atoms with Crippen LogP contribution in [0.25, 0.3) is 22.5 Å². The fourth-order valence-electron chi connectivity index (χ4n) is 3.13. The lowest BCUT2D eigenvalue weighted by atomic mass is 10.0. The molecule has 0 aliphatic rings. The van der Waals surface area contributed by atoms with E-state index in [1.165, 1.54) is 0 Å². The Morgan fingerprint density at radius 1 is 1.08 bits per heavy atom. The van der Waals surface area contributed by atoms with Gasteiger partial charge < -0.3 is 9.40 Å². The highest BCUT2D eigenvalue weighted by molar-refractivity contribution is 5.89. The molecule has 128 valence electrons. The summed E-state index contributed by atoms with van der Waals surface area (Å²) in [6, 6.07) is 5.93. The average Bonchev–Trinajstić information content (AvgIpc) is 3.06. The van der Waals surface area contributed by atoms with Gasteiger partial charge in [0, 0.05) is 12.0 Å². The second-order valence-corrected chi connectivity index (χ2v) is 7.17. The van der Waals surface area contributed by atoms with Crippen LogP contribution in [0.4, 0.5) is 0 Å². The van der Waals surface area contributed by atoms with Crippen LogP contribution in [-0.2, 0) is 0 Å². The van der Waals surface area contributed by atoms with Gasteiger partial charge >= 0.3 is 5.69 Å². The van der Waals surface area contributed by atoms with Gasteiger partial charge in [-0.25, -0.2) is 9.78 Å².